The van der Waals surface area contributed by atoms with Gasteiger partial charge in [-0.1, -0.05) is 37.1 Å². The highest BCUT2D eigenvalue weighted by Gasteiger charge is 2.21. The highest BCUT2D eigenvalue weighted by molar-refractivity contribution is 5.98. The standard InChI is InChI=1S/C25H34N4O/c30-25(29-17-8-3-9-18-29)23-13-10-14-26-24(23)27-19-21-11-4-5-12-22(21)20-28-15-6-1-2-7-16-28/h4-5,10-14H,1-3,6-9,15-20H2,(H,26,27). The summed E-state index contributed by atoms with van der Waals surface area (Å²) in [6, 6.07) is 12.4. The number of pyridine rings is 1. The molecule has 2 aliphatic heterocycles. The molecule has 1 N–H and O–H groups in total. The van der Waals surface area contributed by atoms with Gasteiger partial charge in [0.1, 0.15) is 5.82 Å². The molecule has 1 amide bonds. The van der Waals surface area contributed by atoms with Crippen LogP contribution in [0.2, 0.25) is 0 Å². The minimum Gasteiger partial charge on any atom is -0.365 e. The maximum atomic E-state index is 13.0. The van der Waals surface area contributed by atoms with Crippen molar-refractivity contribution in [3.63, 3.8) is 0 Å². The van der Waals surface area contributed by atoms with Crippen LogP contribution in [0, 0.1) is 0 Å². The van der Waals surface area contributed by atoms with Gasteiger partial charge in [-0.25, -0.2) is 4.98 Å². The molecule has 2 aliphatic rings. The summed E-state index contributed by atoms with van der Waals surface area (Å²) in [5.41, 5.74) is 3.33. The molecule has 0 aliphatic carbocycles. The van der Waals surface area contributed by atoms with Crippen molar-refractivity contribution in [1.82, 2.24) is 14.8 Å². The zero-order valence-corrected chi connectivity index (χ0v) is 18.0. The van der Waals surface area contributed by atoms with Crippen LogP contribution in [0.25, 0.3) is 0 Å². The van der Waals surface area contributed by atoms with E-state index in [2.05, 4.69) is 39.5 Å². The number of aromatic nitrogens is 1. The van der Waals surface area contributed by atoms with Crippen LogP contribution in [0.4, 0.5) is 5.82 Å². The molecule has 2 fully saturated rings. The highest BCUT2D eigenvalue weighted by atomic mass is 16.2. The molecule has 2 saturated heterocycles. The van der Waals surface area contributed by atoms with Crippen LogP contribution >= 0.6 is 0 Å². The lowest BCUT2D eigenvalue weighted by Crippen LogP contribution is -2.36. The van der Waals surface area contributed by atoms with Crippen LogP contribution in [-0.4, -0.2) is 46.9 Å². The zero-order valence-electron chi connectivity index (χ0n) is 18.0. The van der Waals surface area contributed by atoms with Crippen LogP contribution in [-0.2, 0) is 13.1 Å². The third-order valence-electron chi connectivity index (χ3n) is 6.34. The Labute approximate surface area is 180 Å². The van der Waals surface area contributed by atoms with Crippen molar-refractivity contribution in [1.29, 1.82) is 0 Å². The Morgan fingerprint density at radius 3 is 2.27 bits per heavy atom. The summed E-state index contributed by atoms with van der Waals surface area (Å²) in [6.45, 7) is 5.77. The number of piperidine rings is 1. The molecule has 5 nitrogen and oxygen atoms in total. The molecular formula is C25H34N4O. The summed E-state index contributed by atoms with van der Waals surface area (Å²) in [7, 11) is 0. The smallest absolute Gasteiger partial charge is 0.257 e. The van der Waals surface area contributed by atoms with Gasteiger partial charge in [0.15, 0.2) is 0 Å². The van der Waals surface area contributed by atoms with Crippen molar-refractivity contribution >= 4 is 11.7 Å². The van der Waals surface area contributed by atoms with Gasteiger partial charge < -0.3 is 10.2 Å². The van der Waals surface area contributed by atoms with Crippen LogP contribution < -0.4 is 5.32 Å². The number of anilines is 1. The molecule has 4 rings (SSSR count). The van der Waals surface area contributed by atoms with Crippen molar-refractivity contribution in [2.75, 3.05) is 31.5 Å². The minimum absolute atomic E-state index is 0.100. The Balaban J connectivity index is 1.44. The number of likely N-dealkylation sites (tertiary alicyclic amines) is 2. The first-order valence-corrected chi connectivity index (χ1v) is 11.6. The molecule has 0 spiro atoms. The molecule has 1 aromatic heterocycles. The first kappa shape index (κ1) is 20.9. The van der Waals surface area contributed by atoms with E-state index in [9.17, 15) is 4.79 Å². The Bertz CT molecular complexity index is 823. The number of hydrogen-bond donors (Lipinski definition) is 1. The Kier molecular flexibility index (Phi) is 7.35. The van der Waals surface area contributed by atoms with Crippen LogP contribution in [0.5, 0.6) is 0 Å². The van der Waals surface area contributed by atoms with Crippen LogP contribution in [0.1, 0.15) is 66.4 Å². The first-order valence-electron chi connectivity index (χ1n) is 11.6. The largest absolute Gasteiger partial charge is 0.365 e. The monoisotopic (exact) mass is 406 g/mol. The van der Waals surface area contributed by atoms with Crippen molar-refractivity contribution < 1.29 is 4.79 Å². The lowest BCUT2D eigenvalue weighted by molar-refractivity contribution is 0.0725. The van der Waals surface area contributed by atoms with E-state index in [1.54, 1.807) is 6.20 Å². The molecule has 0 saturated carbocycles. The zero-order chi connectivity index (χ0) is 20.6. The van der Waals surface area contributed by atoms with Gasteiger partial charge in [0, 0.05) is 32.4 Å². The summed E-state index contributed by atoms with van der Waals surface area (Å²) in [5.74, 6) is 0.792. The van der Waals surface area contributed by atoms with E-state index in [1.807, 2.05) is 17.0 Å². The second kappa shape index (κ2) is 10.6. The number of carbonyl (C=O) groups is 1. The highest BCUT2D eigenvalue weighted by Crippen LogP contribution is 2.21. The Morgan fingerprint density at radius 2 is 1.50 bits per heavy atom. The molecule has 0 atom stereocenters. The van der Waals surface area contributed by atoms with Gasteiger partial charge in [0.25, 0.3) is 5.91 Å². The van der Waals surface area contributed by atoms with Crippen LogP contribution in [0.15, 0.2) is 42.6 Å². The average Bonchev–Trinajstić information content (AvgIpc) is 3.07. The van der Waals surface area contributed by atoms with E-state index in [4.69, 9.17) is 0 Å². The van der Waals surface area contributed by atoms with Gasteiger partial charge >= 0.3 is 0 Å². The van der Waals surface area contributed by atoms with Gasteiger partial charge in [-0.05, 0) is 68.5 Å². The Hall–Kier alpha value is -2.40. The summed E-state index contributed by atoms with van der Waals surface area (Å²) in [4.78, 5) is 22.1. The van der Waals surface area contributed by atoms with Crippen molar-refractivity contribution in [3.8, 4) is 0 Å². The predicted octanol–water partition coefficient (Wildman–Crippen LogP) is 4.70. The second-order valence-electron chi connectivity index (χ2n) is 8.57. The molecule has 0 bridgehead atoms. The van der Waals surface area contributed by atoms with E-state index in [-0.39, 0.29) is 5.91 Å². The lowest BCUT2D eigenvalue weighted by Gasteiger charge is -2.27. The Morgan fingerprint density at radius 1 is 0.833 bits per heavy atom. The fourth-order valence-electron chi connectivity index (χ4n) is 4.58. The molecule has 160 valence electrons. The van der Waals surface area contributed by atoms with Crippen molar-refractivity contribution in [2.24, 2.45) is 0 Å². The normalized spacial score (nSPS) is 18.1. The van der Waals surface area contributed by atoms with Crippen molar-refractivity contribution in [3.05, 3.63) is 59.3 Å². The summed E-state index contributed by atoms with van der Waals surface area (Å²) in [5, 5.41) is 3.46. The predicted molar refractivity (Wildman–Crippen MR) is 122 cm³/mol. The van der Waals surface area contributed by atoms with E-state index in [0.717, 1.165) is 32.5 Å². The summed E-state index contributed by atoms with van der Waals surface area (Å²) in [6.07, 6.45) is 10.5. The molecule has 2 aromatic rings. The first-order chi connectivity index (χ1) is 14.8. The fraction of sp³-hybridized carbons (Fsp3) is 0.520. The second-order valence-corrected chi connectivity index (χ2v) is 8.57. The van der Waals surface area contributed by atoms with Crippen LogP contribution in [0.3, 0.4) is 0 Å². The summed E-state index contributed by atoms with van der Waals surface area (Å²) >= 11 is 0. The third kappa shape index (κ3) is 5.39. The van der Waals surface area contributed by atoms with Gasteiger partial charge in [-0.15, -0.1) is 0 Å². The molecule has 5 heteroatoms. The molecule has 0 radical (unpaired) electrons. The van der Waals surface area contributed by atoms with E-state index in [1.165, 1.54) is 56.3 Å². The minimum atomic E-state index is 0.100. The van der Waals surface area contributed by atoms with Gasteiger partial charge in [0.05, 0.1) is 5.56 Å². The summed E-state index contributed by atoms with van der Waals surface area (Å²) < 4.78 is 0. The SMILES string of the molecule is O=C(c1cccnc1NCc1ccccc1CN1CCCCCC1)N1CCCCC1. The topological polar surface area (TPSA) is 48.5 Å². The van der Waals surface area contributed by atoms with E-state index in [0.29, 0.717) is 17.9 Å². The number of nitrogens with zero attached hydrogens (tertiary/aromatic N) is 3. The maximum Gasteiger partial charge on any atom is 0.257 e. The third-order valence-corrected chi connectivity index (χ3v) is 6.34. The van der Waals surface area contributed by atoms with Gasteiger partial charge in [0.2, 0.25) is 0 Å². The number of nitrogens with one attached hydrogen (secondary N) is 1. The number of amides is 1. The molecular weight excluding hydrogens is 372 g/mol. The molecule has 0 unspecified atom stereocenters. The quantitative estimate of drug-likeness (QED) is 0.756. The average molecular weight is 407 g/mol. The fourth-order valence-corrected chi connectivity index (χ4v) is 4.58. The molecule has 30 heavy (non-hydrogen) atoms. The number of rotatable bonds is 6. The van der Waals surface area contributed by atoms with Gasteiger partial charge in [-0.2, -0.15) is 0 Å². The molecule has 1 aromatic carbocycles. The van der Waals surface area contributed by atoms with Gasteiger partial charge in [-0.3, -0.25) is 9.69 Å². The molecule has 3 heterocycles. The maximum absolute atomic E-state index is 13.0. The van der Waals surface area contributed by atoms with E-state index >= 15 is 0 Å². The number of benzene rings is 1. The number of hydrogen-bond acceptors (Lipinski definition) is 4. The van der Waals surface area contributed by atoms with E-state index < -0.39 is 0 Å². The number of carbonyl (C=O) groups excluding carboxylic acids is 1. The van der Waals surface area contributed by atoms with Crippen molar-refractivity contribution in [2.45, 2.75) is 58.0 Å². The lowest BCUT2D eigenvalue weighted by atomic mass is 10.1.